The van der Waals surface area contributed by atoms with Crippen LogP contribution in [0.5, 0.6) is 0 Å². The van der Waals surface area contributed by atoms with Crippen LogP contribution in [0.3, 0.4) is 0 Å². The Kier molecular flexibility index (Phi) is 5.56. The molecule has 120 valence electrons. The molecular formula is C16H28N2O3. The molecule has 21 heavy (non-hydrogen) atoms. The molecule has 5 heteroatoms. The van der Waals surface area contributed by atoms with Gasteiger partial charge in [0.05, 0.1) is 6.61 Å². The Morgan fingerprint density at radius 3 is 2.19 bits per heavy atom. The maximum atomic E-state index is 11.7. The lowest BCUT2D eigenvalue weighted by Crippen LogP contribution is -2.61. The Labute approximate surface area is 127 Å². The van der Waals surface area contributed by atoms with Crippen LogP contribution in [0.25, 0.3) is 0 Å². The van der Waals surface area contributed by atoms with Crippen molar-refractivity contribution in [3.63, 3.8) is 0 Å². The molecule has 1 fully saturated rings. The highest BCUT2D eigenvalue weighted by atomic mass is 16.5. The van der Waals surface area contributed by atoms with E-state index < -0.39 is 5.97 Å². The second kappa shape index (κ2) is 6.60. The number of rotatable bonds is 5. The van der Waals surface area contributed by atoms with Crippen molar-refractivity contribution in [3.8, 4) is 0 Å². The summed E-state index contributed by atoms with van der Waals surface area (Å²) in [5.74, 6) is -0.849. The predicted octanol–water partition coefficient (Wildman–Crippen LogP) is 1.92. The van der Waals surface area contributed by atoms with Gasteiger partial charge in [-0.3, -0.25) is 4.79 Å². The smallest absolute Gasteiger partial charge is 0.343 e. The zero-order valence-electron chi connectivity index (χ0n) is 14.0. The van der Waals surface area contributed by atoms with E-state index >= 15 is 0 Å². The Balaban J connectivity index is 2.80. The van der Waals surface area contributed by atoms with Crippen molar-refractivity contribution >= 4 is 11.8 Å². The fraction of sp³-hybridized carbons (Fsp3) is 0.750. The highest BCUT2D eigenvalue weighted by molar-refractivity contribution is 6.16. The Morgan fingerprint density at radius 2 is 1.76 bits per heavy atom. The molecule has 5 nitrogen and oxygen atoms in total. The maximum Gasteiger partial charge on any atom is 0.343 e. The van der Waals surface area contributed by atoms with E-state index in [0.717, 1.165) is 12.8 Å². The van der Waals surface area contributed by atoms with Crippen LogP contribution in [-0.2, 0) is 14.3 Å². The lowest BCUT2D eigenvalue weighted by molar-refractivity contribution is -0.139. The molecule has 1 aliphatic rings. The van der Waals surface area contributed by atoms with E-state index in [1.807, 2.05) is 0 Å². The molecule has 0 atom stereocenters. The first-order valence-electron chi connectivity index (χ1n) is 7.50. The summed E-state index contributed by atoms with van der Waals surface area (Å²) in [6.07, 6.45) is 3.35. The van der Waals surface area contributed by atoms with Crippen LogP contribution in [0.4, 0.5) is 0 Å². The number of nitrogens with one attached hydrogen (secondary N) is 2. The average Bonchev–Trinajstić information content (AvgIpc) is 2.24. The first-order chi connectivity index (χ1) is 9.56. The predicted molar refractivity (Wildman–Crippen MR) is 82.8 cm³/mol. The molecule has 0 bridgehead atoms. The lowest BCUT2D eigenvalue weighted by Gasteiger charge is -2.46. The van der Waals surface area contributed by atoms with Gasteiger partial charge in [0.1, 0.15) is 5.57 Å². The van der Waals surface area contributed by atoms with E-state index in [1.165, 1.54) is 13.1 Å². The van der Waals surface area contributed by atoms with Crippen molar-refractivity contribution in [1.29, 1.82) is 0 Å². The van der Waals surface area contributed by atoms with Crippen LogP contribution < -0.4 is 10.6 Å². The Morgan fingerprint density at radius 1 is 1.24 bits per heavy atom. The van der Waals surface area contributed by atoms with E-state index in [1.54, 1.807) is 6.92 Å². The molecule has 0 aromatic heterocycles. The fourth-order valence-corrected chi connectivity index (χ4v) is 3.15. The zero-order chi connectivity index (χ0) is 16.3. The largest absolute Gasteiger partial charge is 0.462 e. The molecule has 0 amide bonds. The quantitative estimate of drug-likeness (QED) is 0.351. The van der Waals surface area contributed by atoms with Crippen molar-refractivity contribution in [1.82, 2.24) is 10.6 Å². The third-order valence-corrected chi connectivity index (χ3v) is 3.53. The summed E-state index contributed by atoms with van der Waals surface area (Å²) >= 11 is 0. The van der Waals surface area contributed by atoms with Crippen LogP contribution in [-0.4, -0.2) is 35.5 Å². The average molecular weight is 296 g/mol. The molecule has 1 aliphatic heterocycles. The summed E-state index contributed by atoms with van der Waals surface area (Å²) in [5.41, 5.74) is 0.0900. The van der Waals surface area contributed by atoms with Gasteiger partial charge in [-0.25, -0.2) is 4.79 Å². The summed E-state index contributed by atoms with van der Waals surface area (Å²) in [5, 5.41) is 6.83. The first-order valence-corrected chi connectivity index (χ1v) is 7.50. The van der Waals surface area contributed by atoms with Gasteiger partial charge in [-0.05, 0) is 54.4 Å². The number of hydrogen-bond acceptors (Lipinski definition) is 5. The molecule has 0 aliphatic carbocycles. The Bertz CT molecular complexity index is 423. The number of esters is 1. The van der Waals surface area contributed by atoms with E-state index in [0.29, 0.717) is 0 Å². The normalized spacial score (nSPS) is 21.7. The summed E-state index contributed by atoms with van der Waals surface area (Å²) in [7, 11) is 0. The number of piperidine rings is 1. The summed E-state index contributed by atoms with van der Waals surface area (Å²) in [6, 6.07) is 0.208. The molecule has 0 unspecified atom stereocenters. The summed E-state index contributed by atoms with van der Waals surface area (Å²) in [4.78, 5) is 23.3. The molecule has 0 saturated carbocycles. The second-order valence-corrected chi connectivity index (χ2v) is 7.00. The molecule has 0 radical (unpaired) electrons. The highest BCUT2D eigenvalue weighted by Crippen LogP contribution is 2.28. The van der Waals surface area contributed by atoms with Gasteiger partial charge in [0.2, 0.25) is 0 Å². The van der Waals surface area contributed by atoms with Gasteiger partial charge in [-0.2, -0.15) is 0 Å². The standard InChI is InChI=1S/C16H28N2O3/c1-7-21-14(20)13(11(2)19)10-17-12-8-15(3,4)18-16(5,6)9-12/h10,12,17-18H,7-9H2,1-6H3. The number of Topliss-reactive ketones (excluding diaryl/α,β-unsaturated/α-hetero) is 1. The van der Waals surface area contributed by atoms with Gasteiger partial charge in [0.15, 0.2) is 5.78 Å². The number of ether oxygens (including phenoxy) is 1. The first kappa shape index (κ1) is 17.7. The number of carbonyl (C=O) groups excluding carboxylic acids is 2. The second-order valence-electron chi connectivity index (χ2n) is 7.00. The van der Waals surface area contributed by atoms with Gasteiger partial charge in [-0.1, -0.05) is 0 Å². The SMILES string of the molecule is CCOC(=O)C(=CNC1CC(C)(C)NC(C)(C)C1)C(C)=O. The third-order valence-electron chi connectivity index (χ3n) is 3.53. The molecule has 1 rings (SSSR count). The van der Waals surface area contributed by atoms with Crippen LogP contribution in [0.2, 0.25) is 0 Å². The number of hydrogen-bond donors (Lipinski definition) is 2. The molecule has 1 heterocycles. The van der Waals surface area contributed by atoms with E-state index in [9.17, 15) is 9.59 Å². The minimum absolute atomic E-state index is 0.00751. The van der Waals surface area contributed by atoms with Crippen molar-refractivity contribution in [2.75, 3.05) is 6.61 Å². The third kappa shape index (κ3) is 5.50. The van der Waals surface area contributed by atoms with Crippen molar-refractivity contribution < 1.29 is 14.3 Å². The van der Waals surface area contributed by atoms with Gasteiger partial charge >= 0.3 is 5.97 Å². The zero-order valence-corrected chi connectivity index (χ0v) is 14.0. The van der Waals surface area contributed by atoms with E-state index in [-0.39, 0.29) is 35.1 Å². The summed E-state index contributed by atoms with van der Waals surface area (Å²) in [6.45, 7) is 12.0. The summed E-state index contributed by atoms with van der Waals surface area (Å²) < 4.78 is 4.91. The molecule has 1 saturated heterocycles. The Hall–Kier alpha value is -1.36. The minimum Gasteiger partial charge on any atom is -0.462 e. The number of ketones is 1. The molecule has 0 aromatic rings. The van der Waals surface area contributed by atoms with Crippen LogP contribution in [0, 0.1) is 0 Å². The topological polar surface area (TPSA) is 67.4 Å². The van der Waals surface area contributed by atoms with Crippen LogP contribution in [0.1, 0.15) is 54.4 Å². The highest BCUT2D eigenvalue weighted by Gasteiger charge is 2.37. The monoisotopic (exact) mass is 296 g/mol. The van der Waals surface area contributed by atoms with Crippen molar-refractivity contribution in [3.05, 3.63) is 11.8 Å². The van der Waals surface area contributed by atoms with Crippen molar-refractivity contribution in [2.24, 2.45) is 0 Å². The lowest BCUT2D eigenvalue weighted by atomic mass is 9.79. The van der Waals surface area contributed by atoms with Crippen LogP contribution in [0.15, 0.2) is 11.8 Å². The number of carbonyl (C=O) groups is 2. The molecule has 2 N–H and O–H groups in total. The van der Waals surface area contributed by atoms with E-state index in [2.05, 4.69) is 38.3 Å². The van der Waals surface area contributed by atoms with Gasteiger partial charge in [0, 0.05) is 23.3 Å². The minimum atomic E-state index is -0.565. The maximum absolute atomic E-state index is 11.7. The van der Waals surface area contributed by atoms with Gasteiger partial charge in [0.25, 0.3) is 0 Å². The molecular weight excluding hydrogens is 268 g/mol. The van der Waals surface area contributed by atoms with Crippen molar-refractivity contribution in [2.45, 2.75) is 71.5 Å². The molecule has 0 spiro atoms. The van der Waals surface area contributed by atoms with Crippen LogP contribution >= 0.6 is 0 Å². The van der Waals surface area contributed by atoms with Gasteiger partial charge < -0.3 is 15.4 Å². The fourth-order valence-electron chi connectivity index (χ4n) is 3.15. The van der Waals surface area contributed by atoms with Gasteiger partial charge in [-0.15, -0.1) is 0 Å². The van der Waals surface area contributed by atoms with E-state index in [4.69, 9.17) is 4.74 Å². The molecule has 0 aromatic carbocycles.